The molecule has 2 aromatic carbocycles. The molecule has 0 N–H and O–H groups in total. The molecule has 0 bridgehead atoms. The molecule has 1 amide bonds. The van der Waals surface area contributed by atoms with Crippen LogP contribution >= 0.6 is 0 Å². The number of benzene rings is 2. The molecule has 0 unspecified atom stereocenters. The van der Waals surface area contributed by atoms with Gasteiger partial charge >= 0.3 is 0 Å². The van der Waals surface area contributed by atoms with Gasteiger partial charge in [0.15, 0.2) is 11.5 Å². The van der Waals surface area contributed by atoms with E-state index in [1.807, 2.05) is 30.3 Å². The first-order valence-electron chi connectivity index (χ1n) is 12.6. The number of methoxy groups -OCH3 is 3. The number of hydrogen-bond donors (Lipinski definition) is 0. The van der Waals surface area contributed by atoms with Gasteiger partial charge < -0.3 is 19.1 Å². The largest absolute Gasteiger partial charge is 0.493 e. The predicted octanol–water partition coefficient (Wildman–Crippen LogP) is 3.66. The summed E-state index contributed by atoms with van der Waals surface area (Å²) in [5, 5.41) is 0. The molecule has 2 aliphatic rings. The molecule has 0 aromatic heterocycles. The van der Waals surface area contributed by atoms with E-state index in [0.717, 1.165) is 44.0 Å². The third kappa shape index (κ3) is 6.27. The zero-order valence-corrected chi connectivity index (χ0v) is 21.5. The minimum atomic E-state index is 0.239. The first kappa shape index (κ1) is 25.3. The Bertz CT molecular complexity index is 972. The minimum absolute atomic E-state index is 0.239. The van der Waals surface area contributed by atoms with E-state index < -0.39 is 0 Å². The van der Waals surface area contributed by atoms with Crippen LogP contribution in [0.1, 0.15) is 30.9 Å². The average Bonchev–Trinajstić information content (AvgIpc) is 3.74. The number of carbonyl (C=O) groups excluding carboxylic acids is 1. The van der Waals surface area contributed by atoms with Crippen LogP contribution in [0.3, 0.4) is 0 Å². The Balaban J connectivity index is 1.34. The van der Waals surface area contributed by atoms with E-state index in [9.17, 15) is 4.79 Å². The number of carbonyl (C=O) groups is 1. The zero-order chi connectivity index (χ0) is 24.8. The van der Waals surface area contributed by atoms with Crippen molar-refractivity contribution in [3.05, 3.63) is 53.6 Å². The van der Waals surface area contributed by atoms with Gasteiger partial charge in [0.1, 0.15) is 0 Å². The van der Waals surface area contributed by atoms with Crippen molar-refractivity contribution in [2.75, 3.05) is 54.1 Å². The maximum Gasteiger partial charge on any atom is 0.237 e. The summed E-state index contributed by atoms with van der Waals surface area (Å²) in [6.07, 6.45) is 2.47. The minimum Gasteiger partial charge on any atom is -0.493 e. The Morgan fingerprint density at radius 2 is 1.57 bits per heavy atom. The Labute approximate surface area is 209 Å². The summed E-state index contributed by atoms with van der Waals surface area (Å²) in [4.78, 5) is 20.2. The first-order chi connectivity index (χ1) is 17.0. The SMILES string of the molecule is COc1ccc(CN2CCN(CC(=O)N(Cc3ccccc3)[C@@H](C)C3CC3)CC2)c(OC)c1OC. The summed E-state index contributed by atoms with van der Waals surface area (Å²) in [6.45, 7) is 7.71. The number of ether oxygens (including phenoxy) is 3. The van der Waals surface area contributed by atoms with Gasteiger partial charge in [-0.1, -0.05) is 36.4 Å². The molecule has 2 fully saturated rings. The molecule has 0 spiro atoms. The fourth-order valence-electron chi connectivity index (χ4n) is 4.99. The van der Waals surface area contributed by atoms with Crippen molar-refractivity contribution in [1.29, 1.82) is 0 Å². The van der Waals surface area contributed by atoms with E-state index in [-0.39, 0.29) is 5.91 Å². The highest BCUT2D eigenvalue weighted by Gasteiger charge is 2.35. The fourth-order valence-corrected chi connectivity index (χ4v) is 4.99. The Morgan fingerprint density at radius 3 is 2.17 bits per heavy atom. The second-order valence-corrected chi connectivity index (χ2v) is 9.63. The molecule has 1 atom stereocenters. The van der Waals surface area contributed by atoms with Crippen LogP contribution in [0.15, 0.2) is 42.5 Å². The van der Waals surface area contributed by atoms with Gasteiger partial charge in [-0.25, -0.2) is 0 Å². The molecule has 7 nitrogen and oxygen atoms in total. The highest BCUT2D eigenvalue weighted by atomic mass is 16.5. The Hall–Kier alpha value is -2.77. The van der Waals surface area contributed by atoms with Gasteiger partial charge in [0.05, 0.1) is 27.9 Å². The molecule has 0 radical (unpaired) electrons. The number of nitrogens with zero attached hydrogens (tertiary/aromatic N) is 3. The van der Waals surface area contributed by atoms with Gasteiger partial charge in [0.2, 0.25) is 11.7 Å². The van der Waals surface area contributed by atoms with E-state index in [2.05, 4.69) is 33.8 Å². The van der Waals surface area contributed by atoms with Crippen LogP contribution in [-0.4, -0.2) is 80.7 Å². The molecule has 1 saturated carbocycles. The first-order valence-corrected chi connectivity index (χ1v) is 12.6. The molecular weight excluding hydrogens is 442 g/mol. The molecule has 4 rings (SSSR count). The van der Waals surface area contributed by atoms with Crippen LogP contribution in [0.4, 0.5) is 0 Å². The fraction of sp³-hybridized carbons (Fsp3) is 0.536. The van der Waals surface area contributed by atoms with Crippen molar-refractivity contribution < 1.29 is 19.0 Å². The second-order valence-electron chi connectivity index (χ2n) is 9.63. The quantitative estimate of drug-likeness (QED) is 0.488. The van der Waals surface area contributed by atoms with Crippen LogP contribution in [0.2, 0.25) is 0 Å². The van der Waals surface area contributed by atoms with E-state index in [1.54, 1.807) is 21.3 Å². The number of rotatable bonds is 11. The smallest absolute Gasteiger partial charge is 0.237 e. The van der Waals surface area contributed by atoms with Crippen LogP contribution in [0, 0.1) is 5.92 Å². The summed E-state index contributed by atoms with van der Waals surface area (Å²) in [6, 6.07) is 14.6. The van der Waals surface area contributed by atoms with Gasteiger partial charge in [-0.05, 0) is 37.3 Å². The lowest BCUT2D eigenvalue weighted by Crippen LogP contribution is -2.51. The lowest BCUT2D eigenvalue weighted by Gasteiger charge is -2.37. The third-order valence-electron chi connectivity index (χ3n) is 7.32. The van der Waals surface area contributed by atoms with Crippen molar-refractivity contribution in [3.8, 4) is 17.2 Å². The molecular formula is C28H39N3O4. The maximum atomic E-state index is 13.4. The average molecular weight is 482 g/mol. The van der Waals surface area contributed by atoms with Crippen LogP contribution in [0.25, 0.3) is 0 Å². The van der Waals surface area contributed by atoms with Gasteiger partial charge in [0.25, 0.3) is 0 Å². The van der Waals surface area contributed by atoms with E-state index in [1.165, 1.54) is 18.4 Å². The van der Waals surface area contributed by atoms with Gasteiger partial charge in [-0.2, -0.15) is 0 Å². The van der Waals surface area contributed by atoms with Crippen LogP contribution in [-0.2, 0) is 17.9 Å². The molecule has 1 aliphatic heterocycles. The lowest BCUT2D eigenvalue weighted by molar-refractivity contribution is -0.136. The summed E-state index contributed by atoms with van der Waals surface area (Å²) in [7, 11) is 4.92. The van der Waals surface area contributed by atoms with Crippen molar-refractivity contribution in [1.82, 2.24) is 14.7 Å². The lowest BCUT2D eigenvalue weighted by atomic mass is 10.1. The van der Waals surface area contributed by atoms with Crippen LogP contribution in [0.5, 0.6) is 17.2 Å². The van der Waals surface area contributed by atoms with E-state index >= 15 is 0 Å². The van der Waals surface area contributed by atoms with Crippen molar-refractivity contribution in [3.63, 3.8) is 0 Å². The Kier molecular flexibility index (Phi) is 8.52. The normalized spacial score (nSPS) is 17.6. The van der Waals surface area contributed by atoms with E-state index in [4.69, 9.17) is 14.2 Å². The predicted molar refractivity (Wildman–Crippen MR) is 137 cm³/mol. The van der Waals surface area contributed by atoms with Gasteiger partial charge in [0, 0.05) is 50.9 Å². The monoisotopic (exact) mass is 481 g/mol. The molecule has 7 heteroatoms. The maximum absolute atomic E-state index is 13.4. The summed E-state index contributed by atoms with van der Waals surface area (Å²) >= 11 is 0. The molecule has 2 aromatic rings. The van der Waals surface area contributed by atoms with Crippen molar-refractivity contribution in [2.45, 2.75) is 38.9 Å². The molecule has 190 valence electrons. The zero-order valence-electron chi connectivity index (χ0n) is 21.5. The number of amides is 1. The summed E-state index contributed by atoms with van der Waals surface area (Å²) in [5.74, 6) is 2.89. The highest BCUT2D eigenvalue weighted by molar-refractivity contribution is 5.78. The number of piperazine rings is 1. The molecule has 1 heterocycles. The van der Waals surface area contributed by atoms with Gasteiger partial charge in [-0.15, -0.1) is 0 Å². The number of hydrogen-bond acceptors (Lipinski definition) is 6. The molecule has 1 saturated heterocycles. The topological polar surface area (TPSA) is 54.5 Å². The van der Waals surface area contributed by atoms with E-state index in [0.29, 0.717) is 36.5 Å². The van der Waals surface area contributed by atoms with Crippen molar-refractivity contribution >= 4 is 5.91 Å². The highest BCUT2D eigenvalue weighted by Crippen LogP contribution is 2.40. The van der Waals surface area contributed by atoms with Crippen molar-refractivity contribution in [2.24, 2.45) is 5.92 Å². The summed E-state index contributed by atoms with van der Waals surface area (Å²) < 4.78 is 16.6. The van der Waals surface area contributed by atoms with Gasteiger partial charge in [-0.3, -0.25) is 14.6 Å². The van der Waals surface area contributed by atoms with Crippen LogP contribution < -0.4 is 14.2 Å². The standard InChI is InChI=1S/C28H39N3O4/c1-21(23-10-11-23)31(18-22-8-6-5-7-9-22)26(32)20-30-16-14-29(15-17-30)19-24-12-13-25(33-2)28(35-4)27(24)34-3/h5-9,12-13,21,23H,10-11,14-20H2,1-4H3/t21-/m0/s1. The molecule has 1 aliphatic carbocycles. The Morgan fingerprint density at radius 1 is 0.914 bits per heavy atom. The third-order valence-corrected chi connectivity index (χ3v) is 7.32. The second kappa shape index (κ2) is 11.8. The summed E-state index contributed by atoms with van der Waals surface area (Å²) in [5.41, 5.74) is 2.27. The molecule has 35 heavy (non-hydrogen) atoms.